The maximum absolute atomic E-state index is 3.83. The first-order chi connectivity index (χ1) is 3.91. The Morgan fingerprint density at radius 2 is 2.38 bits per heavy atom. The van der Waals surface area contributed by atoms with Crippen LogP contribution in [-0.2, 0) is 0 Å². The van der Waals surface area contributed by atoms with E-state index in [4.69, 9.17) is 0 Å². The molecule has 0 radical (unpaired) electrons. The fourth-order valence-electron chi connectivity index (χ4n) is 0.451. The number of rotatable bonds is 4. The Labute approximate surface area is 51.0 Å². The molecule has 2 nitrogen and oxygen atoms in total. The monoisotopic (exact) mass is 114 g/mol. The molecule has 0 atom stereocenters. The van der Waals surface area contributed by atoms with Crippen LogP contribution < -0.4 is 5.43 Å². The lowest BCUT2D eigenvalue weighted by Crippen LogP contribution is -1.93. The summed E-state index contributed by atoms with van der Waals surface area (Å²) in [5.74, 6) is 0. The predicted molar refractivity (Wildman–Crippen MR) is 37.1 cm³/mol. The largest absolute Gasteiger partial charge is 0.313 e. The summed E-state index contributed by atoms with van der Waals surface area (Å²) in [5.41, 5.74) is 2.70. The quantitative estimate of drug-likeness (QED) is 0.333. The van der Waals surface area contributed by atoms with Crippen LogP contribution in [0.5, 0.6) is 0 Å². The fraction of sp³-hybridized carbons (Fsp3) is 0.833. The minimum atomic E-state index is 1.09. The highest BCUT2D eigenvalue weighted by molar-refractivity contribution is 5.56. The third-order valence-corrected chi connectivity index (χ3v) is 0.907. The highest BCUT2D eigenvalue weighted by Gasteiger charge is 1.75. The molecule has 0 unspecified atom stereocenters. The third-order valence-electron chi connectivity index (χ3n) is 0.907. The van der Waals surface area contributed by atoms with Gasteiger partial charge in [-0.15, -0.1) is 0 Å². The first-order valence-electron chi connectivity index (χ1n) is 3.10. The van der Waals surface area contributed by atoms with Gasteiger partial charge < -0.3 is 5.43 Å². The minimum absolute atomic E-state index is 1.09. The van der Waals surface area contributed by atoms with E-state index >= 15 is 0 Å². The van der Waals surface area contributed by atoms with Crippen molar-refractivity contribution in [2.45, 2.75) is 26.2 Å². The molecule has 0 fully saturated rings. The van der Waals surface area contributed by atoms with Gasteiger partial charge in [0.1, 0.15) is 0 Å². The summed E-state index contributed by atoms with van der Waals surface area (Å²) < 4.78 is 0. The Kier molecular flexibility index (Phi) is 6.04. The first kappa shape index (κ1) is 7.47. The van der Waals surface area contributed by atoms with Crippen LogP contribution in [0.2, 0.25) is 0 Å². The molecule has 0 aliphatic heterocycles. The van der Waals surface area contributed by atoms with Gasteiger partial charge in [-0.1, -0.05) is 13.3 Å². The van der Waals surface area contributed by atoms with Crippen molar-refractivity contribution >= 4 is 6.21 Å². The molecule has 1 N–H and O–H groups in total. The predicted octanol–water partition coefficient (Wildman–Crippen LogP) is 1.38. The number of hydrazone groups is 1. The van der Waals surface area contributed by atoms with Crippen molar-refractivity contribution < 1.29 is 0 Å². The van der Waals surface area contributed by atoms with Crippen LogP contribution in [0, 0.1) is 0 Å². The molecule has 0 aromatic rings. The zero-order chi connectivity index (χ0) is 6.24. The molecule has 2 heteroatoms. The molecular weight excluding hydrogens is 100 g/mol. The fourth-order valence-corrected chi connectivity index (χ4v) is 0.451. The third kappa shape index (κ3) is 5.47. The van der Waals surface area contributed by atoms with Crippen molar-refractivity contribution in [3.05, 3.63) is 0 Å². The van der Waals surface area contributed by atoms with Gasteiger partial charge in [-0.25, -0.2) is 0 Å². The summed E-state index contributed by atoms with van der Waals surface area (Å²) in [6.07, 6.45) is 5.49. The van der Waals surface area contributed by atoms with Crippen molar-refractivity contribution in [2.24, 2.45) is 5.10 Å². The van der Waals surface area contributed by atoms with E-state index in [0.29, 0.717) is 0 Å². The Bertz CT molecular complexity index is 59.5. The molecule has 8 heavy (non-hydrogen) atoms. The minimum Gasteiger partial charge on any atom is -0.313 e. The van der Waals surface area contributed by atoms with E-state index in [1.165, 1.54) is 12.8 Å². The van der Waals surface area contributed by atoms with E-state index in [0.717, 1.165) is 6.42 Å². The summed E-state index contributed by atoms with van der Waals surface area (Å²) in [6, 6.07) is 0. The van der Waals surface area contributed by atoms with Crippen molar-refractivity contribution in [1.82, 2.24) is 5.43 Å². The van der Waals surface area contributed by atoms with Gasteiger partial charge >= 0.3 is 0 Å². The summed E-state index contributed by atoms with van der Waals surface area (Å²) in [6.45, 7) is 2.17. The molecule has 0 aliphatic rings. The van der Waals surface area contributed by atoms with Crippen LogP contribution in [0.15, 0.2) is 5.10 Å². The van der Waals surface area contributed by atoms with Crippen LogP contribution in [0.3, 0.4) is 0 Å². The highest BCUT2D eigenvalue weighted by Crippen LogP contribution is 1.88. The van der Waals surface area contributed by atoms with Gasteiger partial charge in [-0.3, -0.25) is 0 Å². The number of hydrogen-bond donors (Lipinski definition) is 1. The number of nitrogens with one attached hydrogen (secondary N) is 1. The number of hydrogen-bond acceptors (Lipinski definition) is 2. The molecule has 0 spiro atoms. The van der Waals surface area contributed by atoms with Gasteiger partial charge in [0.2, 0.25) is 0 Å². The molecular formula is C6H14N2. The average Bonchev–Trinajstić information content (AvgIpc) is 1.81. The second kappa shape index (κ2) is 6.47. The maximum Gasteiger partial charge on any atom is 0.0242 e. The van der Waals surface area contributed by atoms with Gasteiger partial charge in [0.05, 0.1) is 0 Å². The highest BCUT2D eigenvalue weighted by atomic mass is 15.3. The molecule has 0 saturated carbocycles. The summed E-state index contributed by atoms with van der Waals surface area (Å²) in [5, 5.41) is 3.83. The molecule has 0 bridgehead atoms. The van der Waals surface area contributed by atoms with Gasteiger partial charge in [0.25, 0.3) is 0 Å². The van der Waals surface area contributed by atoms with Crippen LogP contribution in [-0.4, -0.2) is 13.3 Å². The van der Waals surface area contributed by atoms with Crippen LogP contribution in [0.1, 0.15) is 26.2 Å². The van der Waals surface area contributed by atoms with Crippen molar-refractivity contribution in [3.63, 3.8) is 0 Å². The van der Waals surface area contributed by atoms with Gasteiger partial charge in [0, 0.05) is 13.3 Å². The van der Waals surface area contributed by atoms with E-state index in [-0.39, 0.29) is 0 Å². The smallest absolute Gasteiger partial charge is 0.0242 e. The normalized spacial score (nSPS) is 10.2. The molecule has 48 valence electrons. The van der Waals surface area contributed by atoms with E-state index in [1.807, 2.05) is 13.3 Å². The molecule has 0 aromatic carbocycles. The van der Waals surface area contributed by atoms with Gasteiger partial charge in [-0.05, 0) is 12.8 Å². The molecule has 0 rings (SSSR count). The Morgan fingerprint density at radius 1 is 1.62 bits per heavy atom. The summed E-state index contributed by atoms with van der Waals surface area (Å²) >= 11 is 0. The molecule has 0 amide bonds. The molecule has 0 saturated heterocycles. The van der Waals surface area contributed by atoms with Gasteiger partial charge in [-0.2, -0.15) is 5.10 Å². The van der Waals surface area contributed by atoms with Crippen molar-refractivity contribution in [1.29, 1.82) is 0 Å². The molecule has 0 aliphatic carbocycles. The SMILES string of the molecule is CCCC/C=N\NC. The first-order valence-corrected chi connectivity index (χ1v) is 3.10. The van der Waals surface area contributed by atoms with E-state index in [9.17, 15) is 0 Å². The Balaban J connectivity index is 2.80. The van der Waals surface area contributed by atoms with Crippen molar-refractivity contribution in [2.75, 3.05) is 7.05 Å². The topological polar surface area (TPSA) is 24.4 Å². The van der Waals surface area contributed by atoms with Crippen LogP contribution >= 0.6 is 0 Å². The summed E-state index contributed by atoms with van der Waals surface area (Å²) in [4.78, 5) is 0. The zero-order valence-corrected chi connectivity index (χ0v) is 5.65. The van der Waals surface area contributed by atoms with E-state index < -0.39 is 0 Å². The summed E-state index contributed by atoms with van der Waals surface area (Å²) in [7, 11) is 1.81. The number of nitrogens with zero attached hydrogens (tertiary/aromatic N) is 1. The van der Waals surface area contributed by atoms with Gasteiger partial charge in [0.15, 0.2) is 0 Å². The Morgan fingerprint density at radius 3 is 2.88 bits per heavy atom. The lowest BCUT2D eigenvalue weighted by atomic mass is 10.3. The Hall–Kier alpha value is -0.530. The molecule has 0 heterocycles. The van der Waals surface area contributed by atoms with E-state index in [1.54, 1.807) is 0 Å². The van der Waals surface area contributed by atoms with Crippen LogP contribution in [0.25, 0.3) is 0 Å². The molecule has 0 aromatic heterocycles. The second-order valence-electron chi connectivity index (χ2n) is 1.68. The van der Waals surface area contributed by atoms with Crippen LogP contribution in [0.4, 0.5) is 0 Å². The maximum atomic E-state index is 3.83. The zero-order valence-electron chi connectivity index (χ0n) is 5.65. The average molecular weight is 114 g/mol. The standard InChI is InChI=1S/C6H14N2/c1-3-4-5-6-8-7-2/h6-7H,3-5H2,1-2H3/b8-6-. The van der Waals surface area contributed by atoms with E-state index in [2.05, 4.69) is 17.5 Å². The number of unbranched alkanes of at least 4 members (excludes halogenated alkanes) is 2. The lowest BCUT2D eigenvalue weighted by Gasteiger charge is -1.86. The second-order valence-corrected chi connectivity index (χ2v) is 1.68. The lowest BCUT2D eigenvalue weighted by molar-refractivity contribution is 0.827. The van der Waals surface area contributed by atoms with Crippen molar-refractivity contribution in [3.8, 4) is 0 Å².